The van der Waals surface area contributed by atoms with Crippen LogP contribution in [0.15, 0.2) is 54.6 Å². The van der Waals surface area contributed by atoms with Crippen molar-refractivity contribution < 1.29 is 9.59 Å². The van der Waals surface area contributed by atoms with Crippen molar-refractivity contribution in [3.63, 3.8) is 0 Å². The monoisotopic (exact) mass is 359 g/mol. The summed E-state index contributed by atoms with van der Waals surface area (Å²) in [6.45, 7) is 2.41. The average molecular weight is 360 g/mol. The van der Waals surface area contributed by atoms with Crippen LogP contribution >= 0.6 is 12.4 Å². The highest BCUT2D eigenvalue weighted by Gasteiger charge is 2.37. The van der Waals surface area contributed by atoms with E-state index >= 15 is 0 Å². The number of hydrogen-bond donors (Lipinski definition) is 2. The summed E-state index contributed by atoms with van der Waals surface area (Å²) in [5.41, 5.74) is 8.03. The summed E-state index contributed by atoms with van der Waals surface area (Å²) in [5, 5.41) is 2.83. The van der Waals surface area contributed by atoms with Crippen LogP contribution in [-0.2, 0) is 9.59 Å². The molecule has 1 aliphatic heterocycles. The van der Waals surface area contributed by atoms with Gasteiger partial charge in [-0.2, -0.15) is 0 Å². The zero-order chi connectivity index (χ0) is 17.1. The third-order valence-corrected chi connectivity index (χ3v) is 4.50. The molecule has 25 heavy (non-hydrogen) atoms. The number of benzene rings is 2. The summed E-state index contributed by atoms with van der Waals surface area (Å²) in [6.07, 6.45) is 0.232. The number of carbonyl (C=O) groups excluding carboxylic acids is 2. The number of nitrogens with one attached hydrogen (secondary N) is 1. The largest absolute Gasteiger partial charge is 0.397 e. The van der Waals surface area contributed by atoms with Gasteiger partial charge in [0.05, 0.1) is 23.3 Å². The van der Waals surface area contributed by atoms with Gasteiger partial charge in [-0.05, 0) is 24.6 Å². The van der Waals surface area contributed by atoms with Crippen molar-refractivity contribution in [3.8, 4) is 0 Å². The first kappa shape index (κ1) is 18.8. The van der Waals surface area contributed by atoms with Crippen molar-refractivity contribution >= 4 is 35.6 Å². The number of para-hydroxylation sites is 2. The first-order valence-electron chi connectivity index (χ1n) is 8.06. The molecule has 6 heteroatoms. The predicted molar refractivity (Wildman–Crippen MR) is 101 cm³/mol. The second-order valence-electron chi connectivity index (χ2n) is 6.11. The van der Waals surface area contributed by atoms with Crippen LogP contribution in [0.4, 0.5) is 11.4 Å². The number of anilines is 2. The van der Waals surface area contributed by atoms with Crippen LogP contribution in [0.5, 0.6) is 0 Å². The molecular weight excluding hydrogens is 338 g/mol. The molecule has 0 spiro atoms. The highest BCUT2D eigenvalue weighted by Crippen LogP contribution is 2.29. The molecule has 1 heterocycles. The van der Waals surface area contributed by atoms with Crippen molar-refractivity contribution in [2.75, 3.05) is 17.6 Å². The Kier molecular flexibility index (Phi) is 6.04. The van der Waals surface area contributed by atoms with Gasteiger partial charge in [0.2, 0.25) is 11.8 Å². The van der Waals surface area contributed by atoms with E-state index in [-0.39, 0.29) is 42.6 Å². The molecule has 2 atom stereocenters. The van der Waals surface area contributed by atoms with Crippen molar-refractivity contribution in [1.29, 1.82) is 0 Å². The number of likely N-dealkylation sites (tertiary alicyclic amines) is 1. The van der Waals surface area contributed by atoms with Crippen LogP contribution in [0.1, 0.15) is 24.9 Å². The fourth-order valence-corrected chi connectivity index (χ4v) is 3.04. The van der Waals surface area contributed by atoms with Gasteiger partial charge in [0, 0.05) is 13.0 Å². The molecule has 0 radical (unpaired) electrons. The summed E-state index contributed by atoms with van der Waals surface area (Å²) in [6, 6.07) is 16.9. The summed E-state index contributed by atoms with van der Waals surface area (Å²) >= 11 is 0. The van der Waals surface area contributed by atoms with Crippen LogP contribution in [-0.4, -0.2) is 23.3 Å². The first-order chi connectivity index (χ1) is 11.6. The Labute approximate surface area is 153 Å². The lowest BCUT2D eigenvalue weighted by atomic mass is 10.1. The summed E-state index contributed by atoms with van der Waals surface area (Å²) < 4.78 is 0. The number of nitrogen functional groups attached to an aromatic ring is 1. The molecule has 1 aliphatic rings. The van der Waals surface area contributed by atoms with Crippen LogP contribution in [0.2, 0.25) is 0 Å². The molecule has 5 nitrogen and oxygen atoms in total. The van der Waals surface area contributed by atoms with E-state index in [0.29, 0.717) is 17.9 Å². The van der Waals surface area contributed by atoms with E-state index in [1.54, 1.807) is 17.0 Å². The van der Waals surface area contributed by atoms with Gasteiger partial charge < -0.3 is 16.0 Å². The Morgan fingerprint density at radius 3 is 2.48 bits per heavy atom. The Balaban J connectivity index is 0.00000225. The van der Waals surface area contributed by atoms with Gasteiger partial charge in [-0.25, -0.2) is 0 Å². The van der Waals surface area contributed by atoms with Gasteiger partial charge in [0.1, 0.15) is 0 Å². The van der Waals surface area contributed by atoms with Gasteiger partial charge in [-0.3, -0.25) is 9.59 Å². The number of nitrogens with zero attached hydrogens (tertiary/aromatic N) is 1. The van der Waals surface area contributed by atoms with Crippen LogP contribution in [0.25, 0.3) is 0 Å². The van der Waals surface area contributed by atoms with E-state index in [1.165, 1.54) is 0 Å². The Bertz CT molecular complexity index is 751. The molecule has 2 amide bonds. The van der Waals surface area contributed by atoms with E-state index in [4.69, 9.17) is 5.73 Å². The second-order valence-corrected chi connectivity index (χ2v) is 6.11. The highest BCUT2D eigenvalue weighted by atomic mass is 35.5. The number of amides is 2. The van der Waals surface area contributed by atoms with Crippen molar-refractivity contribution in [3.05, 3.63) is 60.2 Å². The SMILES string of the molecule is CC(c1ccccc1)N1CC(C(=O)Nc2ccccc2N)CC1=O.Cl. The fraction of sp³-hybridized carbons (Fsp3) is 0.263. The van der Waals surface area contributed by atoms with Crippen LogP contribution in [0, 0.1) is 5.92 Å². The molecule has 0 aromatic heterocycles. The van der Waals surface area contributed by atoms with Gasteiger partial charge in [-0.15, -0.1) is 12.4 Å². The minimum absolute atomic E-state index is 0. The maximum Gasteiger partial charge on any atom is 0.229 e. The number of nitrogens with two attached hydrogens (primary N) is 1. The summed E-state index contributed by atoms with van der Waals surface area (Å²) in [4.78, 5) is 26.6. The summed E-state index contributed by atoms with van der Waals surface area (Å²) in [5.74, 6) is -0.514. The zero-order valence-electron chi connectivity index (χ0n) is 14.0. The molecular formula is C19H22ClN3O2. The predicted octanol–water partition coefficient (Wildman–Crippen LogP) is 3.24. The average Bonchev–Trinajstić information content (AvgIpc) is 2.99. The van der Waals surface area contributed by atoms with Crippen LogP contribution < -0.4 is 11.1 Å². The van der Waals surface area contributed by atoms with E-state index in [1.807, 2.05) is 49.4 Å². The summed E-state index contributed by atoms with van der Waals surface area (Å²) in [7, 11) is 0. The number of rotatable bonds is 4. The second kappa shape index (κ2) is 8.03. The molecule has 0 saturated carbocycles. The molecule has 3 rings (SSSR count). The minimum Gasteiger partial charge on any atom is -0.397 e. The van der Waals surface area contributed by atoms with Crippen molar-refractivity contribution in [2.24, 2.45) is 5.92 Å². The molecule has 3 N–H and O–H groups in total. The third kappa shape index (κ3) is 4.12. The molecule has 0 aliphatic carbocycles. The van der Waals surface area contributed by atoms with Gasteiger partial charge in [0.25, 0.3) is 0 Å². The van der Waals surface area contributed by atoms with Crippen molar-refractivity contribution in [1.82, 2.24) is 4.90 Å². The lowest BCUT2D eigenvalue weighted by Crippen LogP contribution is -2.30. The maximum atomic E-state index is 12.5. The third-order valence-electron chi connectivity index (χ3n) is 4.50. The Hall–Kier alpha value is -2.53. The molecule has 2 unspecified atom stereocenters. The standard InChI is InChI=1S/C19H21N3O2.ClH/c1-13(14-7-3-2-4-8-14)22-12-15(11-18(22)23)19(24)21-17-10-6-5-9-16(17)20;/h2-10,13,15H,11-12,20H2,1H3,(H,21,24);1H. The minimum atomic E-state index is -0.358. The molecule has 0 bridgehead atoms. The normalized spacial score (nSPS) is 17.7. The molecule has 2 aromatic rings. The smallest absolute Gasteiger partial charge is 0.229 e. The maximum absolute atomic E-state index is 12.5. The van der Waals surface area contributed by atoms with E-state index in [0.717, 1.165) is 5.56 Å². The Morgan fingerprint density at radius 1 is 1.16 bits per heavy atom. The zero-order valence-corrected chi connectivity index (χ0v) is 14.8. The number of hydrogen-bond acceptors (Lipinski definition) is 3. The quantitative estimate of drug-likeness (QED) is 0.823. The number of halogens is 1. The first-order valence-corrected chi connectivity index (χ1v) is 8.06. The van der Waals surface area contributed by atoms with E-state index in [2.05, 4.69) is 5.32 Å². The molecule has 132 valence electrons. The Morgan fingerprint density at radius 2 is 1.80 bits per heavy atom. The van der Waals surface area contributed by atoms with Gasteiger partial charge >= 0.3 is 0 Å². The van der Waals surface area contributed by atoms with Crippen molar-refractivity contribution in [2.45, 2.75) is 19.4 Å². The van der Waals surface area contributed by atoms with Crippen LogP contribution in [0.3, 0.4) is 0 Å². The lowest BCUT2D eigenvalue weighted by Gasteiger charge is -2.25. The van der Waals surface area contributed by atoms with Gasteiger partial charge in [-0.1, -0.05) is 42.5 Å². The number of carbonyl (C=O) groups is 2. The molecule has 1 saturated heterocycles. The van der Waals surface area contributed by atoms with Gasteiger partial charge in [0.15, 0.2) is 0 Å². The van der Waals surface area contributed by atoms with E-state index < -0.39 is 0 Å². The lowest BCUT2D eigenvalue weighted by molar-refractivity contribution is -0.129. The van der Waals surface area contributed by atoms with E-state index in [9.17, 15) is 9.59 Å². The fourth-order valence-electron chi connectivity index (χ4n) is 3.04. The topological polar surface area (TPSA) is 75.4 Å². The molecule has 2 aromatic carbocycles. The molecule has 1 fully saturated rings. The highest BCUT2D eigenvalue weighted by molar-refractivity contribution is 5.99.